The zero-order valence-electron chi connectivity index (χ0n) is 32.8. The van der Waals surface area contributed by atoms with Crippen LogP contribution in [0, 0.1) is 28.6 Å². The lowest BCUT2D eigenvalue weighted by Gasteiger charge is -2.38. The van der Waals surface area contributed by atoms with Crippen molar-refractivity contribution in [2.24, 2.45) is 28.6 Å². The average molecular weight is 779 g/mol. The van der Waals surface area contributed by atoms with Crippen molar-refractivity contribution in [3.05, 3.63) is 35.9 Å². The first kappa shape index (κ1) is 43.0. The number of ether oxygens (including phenoxy) is 1. The second-order valence-corrected chi connectivity index (χ2v) is 17.2. The molecule has 3 aliphatic rings. The first-order valence-electron chi connectivity index (χ1n) is 18.3. The van der Waals surface area contributed by atoms with Crippen molar-refractivity contribution in [3.8, 4) is 0 Å². The molecule has 3 fully saturated rings. The van der Waals surface area contributed by atoms with Crippen molar-refractivity contribution in [1.82, 2.24) is 31.1 Å². The Morgan fingerprint density at radius 1 is 0.927 bits per heavy atom. The monoisotopic (exact) mass is 778 g/mol. The molecule has 6 atom stereocenters. The number of amides is 6. The molecule has 0 aromatic heterocycles. The molecule has 1 aromatic carbocycles. The van der Waals surface area contributed by atoms with Crippen LogP contribution in [0.15, 0.2) is 30.3 Å². The molecule has 2 saturated carbocycles. The van der Waals surface area contributed by atoms with E-state index in [4.69, 9.17) is 0 Å². The molecule has 55 heavy (non-hydrogen) atoms. The first-order valence-corrected chi connectivity index (χ1v) is 18.3. The summed E-state index contributed by atoms with van der Waals surface area (Å²) in [5.41, 5.74) is -3.73. The number of likely N-dealkylation sites (N-methyl/N-ethyl adjacent to an activating group) is 1. The number of fused-ring (bicyclic) bond motifs is 1. The molecule has 1 aromatic rings. The lowest BCUT2D eigenvalue weighted by molar-refractivity contribution is -0.244. The third-order valence-corrected chi connectivity index (χ3v) is 10.8. The molecule has 4 N–H and O–H groups in total. The Kier molecular flexibility index (Phi) is 12.4. The molecule has 6 amide bonds. The predicted octanol–water partition coefficient (Wildman–Crippen LogP) is 2.87. The molecule has 1 aliphatic heterocycles. The van der Waals surface area contributed by atoms with E-state index in [-0.39, 0.29) is 36.1 Å². The third kappa shape index (κ3) is 9.95. The number of alkyl carbamates (subject to hydrolysis) is 1. The van der Waals surface area contributed by atoms with Gasteiger partial charge in [0.25, 0.3) is 5.91 Å². The minimum Gasteiger partial charge on any atom is -0.434 e. The van der Waals surface area contributed by atoms with E-state index >= 15 is 0 Å². The van der Waals surface area contributed by atoms with E-state index in [1.165, 1.54) is 23.9 Å². The van der Waals surface area contributed by atoms with Gasteiger partial charge in [-0.25, -0.2) is 4.79 Å². The number of Topliss-reactive ketones (excluding diaryl/α,β-unsaturated/α-hetero) is 1. The van der Waals surface area contributed by atoms with Crippen molar-refractivity contribution < 1.29 is 51.5 Å². The first-order chi connectivity index (χ1) is 25.3. The van der Waals surface area contributed by atoms with Crippen molar-refractivity contribution in [3.63, 3.8) is 0 Å². The Labute approximate surface area is 319 Å². The third-order valence-electron chi connectivity index (χ3n) is 10.8. The van der Waals surface area contributed by atoms with Gasteiger partial charge in [-0.1, -0.05) is 77.8 Å². The second-order valence-electron chi connectivity index (χ2n) is 17.2. The summed E-state index contributed by atoms with van der Waals surface area (Å²) in [5.74, 6) is -5.09. The molecule has 0 bridgehead atoms. The van der Waals surface area contributed by atoms with Gasteiger partial charge in [0.05, 0.1) is 12.6 Å². The second kappa shape index (κ2) is 15.8. The highest BCUT2D eigenvalue weighted by Gasteiger charge is 2.70. The molecular formula is C38H53F3N6O8. The number of carbonyl (C=O) groups excluding carboxylic acids is 7. The largest absolute Gasteiger partial charge is 0.434 e. The van der Waals surface area contributed by atoms with Crippen molar-refractivity contribution in [2.45, 2.75) is 104 Å². The zero-order valence-corrected chi connectivity index (χ0v) is 32.8. The molecule has 1 saturated heterocycles. The zero-order chi connectivity index (χ0) is 41.4. The van der Waals surface area contributed by atoms with Crippen LogP contribution in [-0.4, -0.2) is 108 Å². The molecule has 2 unspecified atom stereocenters. The van der Waals surface area contributed by atoms with Gasteiger partial charge in [-0.2, -0.15) is 13.2 Å². The summed E-state index contributed by atoms with van der Waals surface area (Å²) in [6, 6.07) is 3.65. The number of halogens is 3. The van der Waals surface area contributed by atoms with Gasteiger partial charge < -0.3 is 35.8 Å². The summed E-state index contributed by atoms with van der Waals surface area (Å²) in [6.45, 7) is 9.51. The van der Waals surface area contributed by atoms with E-state index in [1.54, 1.807) is 51.1 Å². The van der Waals surface area contributed by atoms with E-state index in [9.17, 15) is 46.7 Å². The quantitative estimate of drug-likeness (QED) is 0.208. The number of hydrogen-bond acceptors (Lipinski definition) is 8. The summed E-state index contributed by atoms with van der Waals surface area (Å²) >= 11 is 0. The number of carbonyl (C=O) groups is 7. The number of hydrogen-bond donors (Lipinski definition) is 4. The van der Waals surface area contributed by atoms with Crippen LogP contribution in [0.1, 0.15) is 79.3 Å². The summed E-state index contributed by atoms with van der Waals surface area (Å²) in [6.07, 6.45) is -4.65. The smallest absolute Gasteiger partial charge is 0.427 e. The number of nitrogens with zero attached hydrogens (tertiary/aromatic N) is 2. The minimum atomic E-state index is -4.88. The highest BCUT2D eigenvalue weighted by atomic mass is 19.4. The number of rotatable bonds is 14. The van der Waals surface area contributed by atoms with E-state index < -0.39 is 89.3 Å². The lowest BCUT2D eigenvalue weighted by Crippen LogP contribution is -2.61. The van der Waals surface area contributed by atoms with E-state index in [1.807, 2.05) is 13.8 Å². The molecule has 0 spiro atoms. The molecule has 0 radical (unpaired) electrons. The number of benzene rings is 1. The van der Waals surface area contributed by atoms with Crippen LogP contribution in [0.3, 0.4) is 0 Å². The lowest BCUT2D eigenvalue weighted by atomic mass is 9.85. The van der Waals surface area contributed by atoms with Gasteiger partial charge in [0.1, 0.15) is 18.1 Å². The maximum atomic E-state index is 14.2. The minimum absolute atomic E-state index is 0.0573. The van der Waals surface area contributed by atoms with Gasteiger partial charge in [0.15, 0.2) is 0 Å². The fourth-order valence-corrected chi connectivity index (χ4v) is 7.05. The molecule has 1 heterocycles. The number of nitrogens with one attached hydrogen (secondary N) is 4. The fraction of sp³-hybridized carbons (Fsp3) is 0.658. The molecular weight excluding hydrogens is 725 g/mol. The van der Waals surface area contributed by atoms with E-state index in [0.717, 1.165) is 12.8 Å². The highest BCUT2D eigenvalue weighted by Crippen LogP contribution is 2.65. The Balaban J connectivity index is 1.47. The van der Waals surface area contributed by atoms with Crippen LogP contribution < -0.4 is 21.3 Å². The van der Waals surface area contributed by atoms with Crippen molar-refractivity contribution in [2.75, 3.05) is 27.2 Å². The maximum absolute atomic E-state index is 14.2. The SMILES string of the molecule is CN(C)C(=O)[C@@H](NC(=O)CNC(=O)C(=O)C(CC1CC1)NC(=O)C1[C@@H]2[C@H](CN1C(=O)[C@@H](NC(=O)OC(C)(C)C(F)(F)F)C(C)(C)C)C2(C)C)c1ccccc1. The molecule has 14 nitrogen and oxygen atoms in total. The molecule has 2 aliphatic carbocycles. The molecule has 304 valence electrons. The highest BCUT2D eigenvalue weighted by molar-refractivity contribution is 6.38. The summed E-state index contributed by atoms with van der Waals surface area (Å²) < 4.78 is 45.0. The number of ketones is 1. The Bertz CT molecular complexity index is 1670. The van der Waals surface area contributed by atoms with Crippen molar-refractivity contribution >= 4 is 41.4 Å². The van der Waals surface area contributed by atoms with Gasteiger partial charge >= 0.3 is 12.3 Å². The Morgan fingerprint density at radius 2 is 1.53 bits per heavy atom. The van der Waals surface area contributed by atoms with Gasteiger partial charge in [-0.15, -0.1) is 0 Å². The number of alkyl halides is 3. The fourth-order valence-electron chi connectivity index (χ4n) is 7.05. The van der Waals surface area contributed by atoms with E-state index in [2.05, 4.69) is 26.0 Å². The van der Waals surface area contributed by atoms with Crippen molar-refractivity contribution in [1.29, 1.82) is 0 Å². The number of likely N-dealkylation sites (tertiary alicyclic amines) is 1. The maximum Gasteiger partial charge on any atom is 0.427 e. The Morgan fingerprint density at radius 3 is 2.05 bits per heavy atom. The van der Waals surface area contributed by atoms with Crippen LogP contribution >= 0.6 is 0 Å². The molecule has 17 heteroatoms. The summed E-state index contributed by atoms with van der Waals surface area (Å²) in [4.78, 5) is 96.0. The summed E-state index contributed by atoms with van der Waals surface area (Å²) in [5, 5.41) is 9.86. The van der Waals surface area contributed by atoms with Gasteiger partial charge in [-0.05, 0) is 54.4 Å². The Hall–Kier alpha value is -4.70. The van der Waals surface area contributed by atoms with Crippen LogP contribution in [0.4, 0.5) is 18.0 Å². The van der Waals surface area contributed by atoms with Crippen LogP contribution in [0.5, 0.6) is 0 Å². The topological polar surface area (TPSA) is 183 Å². The van der Waals surface area contributed by atoms with Gasteiger partial charge in [0, 0.05) is 20.6 Å². The average Bonchev–Trinajstić information content (AvgIpc) is 3.93. The normalized spacial score (nSPS) is 21.9. The van der Waals surface area contributed by atoms with Gasteiger partial charge in [0.2, 0.25) is 35.0 Å². The van der Waals surface area contributed by atoms with E-state index in [0.29, 0.717) is 19.4 Å². The standard InChI is InChI=1S/C38H53F3N6O8/c1-35(2,3)29(45-34(54)55-37(6,7)38(39,40)41)33(53)47-19-22-25(36(22,4)5)27(47)30(50)43-23(17-20-15-16-20)28(49)31(51)42-18-24(48)44-26(32(52)46(8)9)21-13-11-10-12-14-21/h10-14,20,22-23,25-27,29H,15-19H2,1-9H3,(H,42,51)(H,43,50)(H,44,48)(H,45,54)/t22-,23?,25-,26-,27?,29+/m0/s1. The summed E-state index contributed by atoms with van der Waals surface area (Å²) in [7, 11) is 3.06. The predicted molar refractivity (Wildman–Crippen MR) is 193 cm³/mol. The molecule has 4 rings (SSSR count). The number of piperidine rings is 1. The van der Waals surface area contributed by atoms with Crippen LogP contribution in [0.2, 0.25) is 0 Å². The van der Waals surface area contributed by atoms with Crippen LogP contribution in [0.25, 0.3) is 0 Å². The van der Waals surface area contributed by atoms with Crippen LogP contribution in [-0.2, 0) is 33.5 Å². The van der Waals surface area contributed by atoms with Gasteiger partial charge in [-0.3, -0.25) is 28.8 Å².